The zero-order valence-corrected chi connectivity index (χ0v) is 16.0. The van der Waals surface area contributed by atoms with Crippen LogP contribution in [0.5, 0.6) is 5.75 Å². The van der Waals surface area contributed by atoms with Crippen molar-refractivity contribution in [1.82, 2.24) is 10.2 Å². The fourth-order valence-corrected chi connectivity index (χ4v) is 4.18. The summed E-state index contributed by atoms with van der Waals surface area (Å²) in [5.74, 6) is 2.18. The molecule has 0 fully saturated rings. The summed E-state index contributed by atoms with van der Waals surface area (Å²) in [5.41, 5.74) is 3.01. The van der Waals surface area contributed by atoms with Crippen LogP contribution < -0.4 is 4.74 Å². The predicted octanol–water partition coefficient (Wildman–Crippen LogP) is 4.96. The van der Waals surface area contributed by atoms with Gasteiger partial charge in [0.25, 0.3) is 0 Å². The molecule has 0 radical (unpaired) electrons. The molecule has 0 aliphatic heterocycles. The molecule has 1 aromatic carbocycles. The van der Waals surface area contributed by atoms with Crippen LogP contribution in [0.3, 0.4) is 0 Å². The number of thiophene rings is 1. The molecule has 3 aromatic heterocycles. The van der Waals surface area contributed by atoms with Gasteiger partial charge in [-0.2, -0.15) is 11.3 Å². The molecule has 0 bridgehead atoms. The first-order valence-corrected chi connectivity index (χ1v) is 10.3. The number of nitrogens with zero attached hydrogens (tertiary/aromatic N) is 2. The van der Waals surface area contributed by atoms with Gasteiger partial charge in [0.15, 0.2) is 0 Å². The Bertz CT molecular complexity index is 1130. The number of hydrogen-bond donors (Lipinski definition) is 0. The smallest absolute Gasteiger partial charge is 0.311 e. The van der Waals surface area contributed by atoms with Gasteiger partial charge in [-0.15, -0.1) is 10.2 Å². The summed E-state index contributed by atoms with van der Waals surface area (Å²) in [5, 5.41) is 13.0. The minimum Gasteiger partial charge on any atom is -0.461 e. The van der Waals surface area contributed by atoms with Crippen LogP contribution in [0.4, 0.5) is 0 Å². The van der Waals surface area contributed by atoms with Crippen LogP contribution >= 0.6 is 11.3 Å². The predicted molar refractivity (Wildman–Crippen MR) is 104 cm³/mol. The molecule has 0 saturated heterocycles. The molecule has 0 amide bonds. The van der Waals surface area contributed by atoms with E-state index >= 15 is 0 Å². The zero-order valence-electron chi connectivity index (χ0n) is 15.1. The zero-order chi connectivity index (χ0) is 18.9. The van der Waals surface area contributed by atoms with Gasteiger partial charge in [0.2, 0.25) is 11.8 Å². The van der Waals surface area contributed by atoms with Crippen molar-refractivity contribution in [3.8, 4) is 17.2 Å². The molecule has 0 saturated carbocycles. The van der Waals surface area contributed by atoms with Crippen LogP contribution in [-0.4, -0.2) is 16.2 Å². The number of fused-ring (bicyclic) bond motifs is 3. The number of benzene rings is 1. The third kappa shape index (κ3) is 3.33. The van der Waals surface area contributed by atoms with E-state index in [9.17, 15) is 4.79 Å². The number of esters is 1. The van der Waals surface area contributed by atoms with E-state index in [0.29, 0.717) is 24.0 Å². The molecular weight excluding hydrogens is 376 g/mol. The van der Waals surface area contributed by atoms with E-state index in [-0.39, 0.29) is 12.4 Å². The second-order valence-corrected chi connectivity index (χ2v) is 7.64. The summed E-state index contributed by atoms with van der Waals surface area (Å²) in [6, 6.07) is 7.47. The number of furan rings is 1. The van der Waals surface area contributed by atoms with Crippen LogP contribution in [0.2, 0.25) is 0 Å². The molecule has 3 heterocycles. The van der Waals surface area contributed by atoms with Crippen LogP contribution in [-0.2, 0) is 24.1 Å². The molecule has 1 aliphatic rings. The minimum absolute atomic E-state index is 0.173. The molecule has 28 heavy (non-hydrogen) atoms. The van der Waals surface area contributed by atoms with Crippen molar-refractivity contribution in [3.05, 3.63) is 52.2 Å². The van der Waals surface area contributed by atoms with Crippen molar-refractivity contribution >= 4 is 28.3 Å². The molecule has 0 N–H and O–H groups in total. The highest BCUT2D eigenvalue weighted by molar-refractivity contribution is 7.08. The molecule has 7 heteroatoms. The van der Waals surface area contributed by atoms with E-state index in [0.717, 1.165) is 35.1 Å². The summed E-state index contributed by atoms with van der Waals surface area (Å²) >= 11 is 1.56. The van der Waals surface area contributed by atoms with E-state index in [4.69, 9.17) is 13.6 Å². The Morgan fingerprint density at radius 2 is 2.07 bits per heavy atom. The number of hydrogen-bond acceptors (Lipinski definition) is 7. The van der Waals surface area contributed by atoms with Gasteiger partial charge in [0.05, 0.1) is 6.42 Å². The minimum atomic E-state index is -0.327. The molecule has 0 unspecified atom stereocenters. The van der Waals surface area contributed by atoms with Gasteiger partial charge < -0.3 is 13.6 Å². The fourth-order valence-electron chi connectivity index (χ4n) is 3.55. The van der Waals surface area contributed by atoms with Crippen LogP contribution in [0.25, 0.3) is 22.4 Å². The largest absolute Gasteiger partial charge is 0.461 e. The summed E-state index contributed by atoms with van der Waals surface area (Å²) in [4.78, 5) is 12.3. The lowest BCUT2D eigenvalue weighted by molar-refractivity contribution is -0.134. The van der Waals surface area contributed by atoms with Crippen molar-refractivity contribution in [2.75, 3.05) is 0 Å². The maximum Gasteiger partial charge on any atom is 0.311 e. The number of carbonyl (C=O) groups excluding carboxylic acids is 1. The van der Waals surface area contributed by atoms with E-state index in [1.165, 1.54) is 18.4 Å². The van der Waals surface area contributed by atoms with E-state index in [1.807, 2.05) is 29.0 Å². The van der Waals surface area contributed by atoms with Crippen LogP contribution in [0.1, 0.15) is 36.5 Å². The topological polar surface area (TPSA) is 78.4 Å². The van der Waals surface area contributed by atoms with Gasteiger partial charge in [0.1, 0.15) is 17.1 Å². The molecular formula is C21H18N2O4S. The molecule has 1 aliphatic carbocycles. The maximum atomic E-state index is 12.3. The summed E-state index contributed by atoms with van der Waals surface area (Å²) in [6.45, 7) is 0. The Kier molecular flexibility index (Phi) is 4.44. The monoisotopic (exact) mass is 394 g/mol. The average Bonchev–Trinajstić information content (AvgIpc) is 3.45. The molecule has 5 rings (SSSR count). The van der Waals surface area contributed by atoms with Crippen molar-refractivity contribution < 1.29 is 18.4 Å². The van der Waals surface area contributed by atoms with Crippen molar-refractivity contribution in [2.24, 2.45) is 0 Å². The maximum absolute atomic E-state index is 12.3. The van der Waals surface area contributed by atoms with Crippen LogP contribution in [0, 0.1) is 0 Å². The number of rotatable bonds is 5. The lowest BCUT2D eigenvalue weighted by Crippen LogP contribution is -2.09. The van der Waals surface area contributed by atoms with Gasteiger partial charge in [-0.25, -0.2) is 0 Å². The number of aromatic nitrogens is 2. The molecule has 6 nitrogen and oxygen atoms in total. The van der Waals surface area contributed by atoms with E-state index in [2.05, 4.69) is 10.2 Å². The highest BCUT2D eigenvalue weighted by Gasteiger charge is 2.19. The second kappa shape index (κ2) is 7.24. The first-order chi connectivity index (χ1) is 13.8. The number of ether oxygens (including phenoxy) is 1. The fraction of sp³-hybridized carbons (Fsp3) is 0.286. The van der Waals surface area contributed by atoms with Crippen molar-refractivity contribution in [1.29, 1.82) is 0 Å². The third-order valence-corrected chi connectivity index (χ3v) is 5.62. The summed E-state index contributed by atoms with van der Waals surface area (Å²) in [6.07, 6.45) is 4.85. The Balaban J connectivity index is 1.24. The first-order valence-electron chi connectivity index (χ1n) is 9.36. The van der Waals surface area contributed by atoms with Crippen LogP contribution in [0.15, 0.2) is 43.9 Å². The second-order valence-electron chi connectivity index (χ2n) is 6.86. The number of aryl methyl sites for hydroxylation is 3. The van der Waals surface area contributed by atoms with Gasteiger partial charge in [-0.3, -0.25) is 4.79 Å². The van der Waals surface area contributed by atoms with Gasteiger partial charge in [-0.05, 0) is 48.9 Å². The Morgan fingerprint density at radius 1 is 1.14 bits per heavy atom. The summed E-state index contributed by atoms with van der Waals surface area (Å²) in [7, 11) is 0. The Labute approximate surface area is 165 Å². The highest BCUT2D eigenvalue weighted by atomic mass is 32.1. The van der Waals surface area contributed by atoms with E-state index < -0.39 is 0 Å². The SMILES string of the molecule is O=C(CCc1nnc(-c2ccsc2)o1)Oc1ccc2oc3c(c2c1)CCCC3. The molecule has 0 spiro atoms. The average molecular weight is 394 g/mol. The first kappa shape index (κ1) is 17.2. The van der Waals surface area contributed by atoms with Gasteiger partial charge >= 0.3 is 5.97 Å². The standard InChI is InChI=1S/C21H18N2O4S/c24-20(8-7-19-22-23-21(27-19)13-9-10-28-12-13)25-14-5-6-18-16(11-14)15-3-1-2-4-17(15)26-18/h5-6,9-12H,1-4,7-8H2. The lowest BCUT2D eigenvalue weighted by atomic mass is 9.96. The van der Waals surface area contributed by atoms with Crippen molar-refractivity contribution in [2.45, 2.75) is 38.5 Å². The highest BCUT2D eigenvalue weighted by Crippen LogP contribution is 2.34. The molecule has 0 atom stereocenters. The van der Waals surface area contributed by atoms with Gasteiger partial charge in [-0.1, -0.05) is 0 Å². The quantitative estimate of drug-likeness (QED) is 0.352. The molecule has 4 aromatic rings. The normalized spacial score (nSPS) is 13.6. The van der Waals surface area contributed by atoms with Crippen molar-refractivity contribution in [3.63, 3.8) is 0 Å². The molecule has 142 valence electrons. The Morgan fingerprint density at radius 3 is 2.96 bits per heavy atom. The number of carbonyl (C=O) groups is 1. The van der Waals surface area contributed by atoms with E-state index in [1.54, 1.807) is 17.4 Å². The lowest BCUT2D eigenvalue weighted by Gasteiger charge is -2.08. The Hall–Kier alpha value is -2.93. The van der Waals surface area contributed by atoms with Gasteiger partial charge in [0, 0.05) is 34.7 Å². The third-order valence-electron chi connectivity index (χ3n) is 4.94. The summed E-state index contributed by atoms with van der Waals surface area (Å²) < 4.78 is 17.0.